The third-order valence-corrected chi connectivity index (χ3v) is 5.24. The number of carbonyl (C=O) groups is 1. The largest absolute Gasteiger partial charge is 0.460 e. The number of anilines is 3. The van der Waals surface area contributed by atoms with Crippen molar-refractivity contribution in [2.75, 3.05) is 10.6 Å². The molecule has 0 bridgehead atoms. The fourth-order valence-corrected chi connectivity index (χ4v) is 3.52. The van der Waals surface area contributed by atoms with Gasteiger partial charge in [-0.1, -0.05) is 20.8 Å². The maximum atomic E-state index is 14.8. The van der Waals surface area contributed by atoms with Crippen molar-refractivity contribution in [1.29, 1.82) is 5.26 Å². The number of halogens is 1. The third kappa shape index (κ3) is 7.41. The molecule has 2 rings (SSSR count). The smallest absolute Gasteiger partial charge is 0.306 e. The van der Waals surface area contributed by atoms with Gasteiger partial charge in [0.05, 0.1) is 23.9 Å². The Balaban J connectivity index is 2.29. The first-order chi connectivity index (χ1) is 15.3. The summed E-state index contributed by atoms with van der Waals surface area (Å²) in [5.41, 5.74) is 2.05. The Labute approximate surface area is 195 Å². The second-order valence-corrected chi connectivity index (χ2v) is 9.76. The highest BCUT2D eigenvalue weighted by Crippen LogP contribution is 2.27. The molecule has 0 radical (unpaired) electrons. The van der Waals surface area contributed by atoms with Crippen molar-refractivity contribution < 1.29 is 13.9 Å². The number of carbonyl (C=O) groups excluding carboxylic acids is 1. The van der Waals surface area contributed by atoms with Crippen molar-refractivity contribution in [2.24, 2.45) is 11.8 Å². The van der Waals surface area contributed by atoms with Gasteiger partial charge in [-0.2, -0.15) is 5.26 Å². The summed E-state index contributed by atoms with van der Waals surface area (Å²) in [4.78, 5) is 21.0. The van der Waals surface area contributed by atoms with Crippen LogP contribution in [0.2, 0.25) is 0 Å². The Hall–Kier alpha value is -3.21. The third-order valence-electron chi connectivity index (χ3n) is 5.24. The van der Waals surface area contributed by atoms with Gasteiger partial charge in [-0.3, -0.25) is 9.78 Å². The maximum absolute atomic E-state index is 14.8. The first-order valence-corrected chi connectivity index (χ1v) is 11.1. The Kier molecular flexibility index (Phi) is 8.37. The second-order valence-electron chi connectivity index (χ2n) is 9.76. The van der Waals surface area contributed by atoms with Crippen LogP contribution in [0.5, 0.6) is 0 Å². The molecule has 178 valence electrons. The number of ether oxygens (including phenoxy) is 1. The van der Waals surface area contributed by atoms with Crippen LogP contribution in [-0.4, -0.2) is 27.6 Å². The van der Waals surface area contributed by atoms with Crippen LogP contribution in [0, 0.1) is 42.8 Å². The Morgan fingerprint density at radius 1 is 1.21 bits per heavy atom. The Morgan fingerprint density at radius 2 is 1.88 bits per heavy atom. The second kappa shape index (κ2) is 10.6. The Bertz CT molecular complexity index is 1040. The van der Waals surface area contributed by atoms with Crippen molar-refractivity contribution in [1.82, 2.24) is 9.97 Å². The molecule has 0 fully saturated rings. The molecule has 0 saturated carbocycles. The molecule has 0 unspecified atom stereocenters. The lowest BCUT2D eigenvalue weighted by molar-refractivity contribution is -0.156. The molecule has 7 nitrogen and oxygen atoms in total. The van der Waals surface area contributed by atoms with Crippen LogP contribution in [0.1, 0.15) is 64.8 Å². The van der Waals surface area contributed by atoms with E-state index in [0.717, 1.165) is 17.3 Å². The zero-order valence-electron chi connectivity index (χ0n) is 20.7. The summed E-state index contributed by atoms with van der Waals surface area (Å²) in [6.45, 7) is 15.2. The van der Waals surface area contributed by atoms with Crippen LogP contribution in [0.15, 0.2) is 18.3 Å². The van der Waals surface area contributed by atoms with Gasteiger partial charge in [0.2, 0.25) is 0 Å². The molecule has 0 amide bonds. The van der Waals surface area contributed by atoms with Crippen LogP contribution in [0.3, 0.4) is 0 Å². The number of aromatic nitrogens is 2. The molecule has 0 saturated heterocycles. The molecule has 2 aromatic heterocycles. The average Bonchev–Trinajstić information content (AvgIpc) is 2.68. The summed E-state index contributed by atoms with van der Waals surface area (Å²) in [6, 6.07) is 4.78. The molecule has 33 heavy (non-hydrogen) atoms. The molecule has 0 aliphatic carbocycles. The minimum absolute atomic E-state index is 0.0167. The van der Waals surface area contributed by atoms with Crippen LogP contribution in [0.25, 0.3) is 0 Å². The van der Waals surface area contributed by atoms with Gasteiger partial charge in [-0.15, -0.1) is 0 Å². The summed E-state index contributed by atoms with van der Waals surface area (Å²) in [6.07, 6.45) is 1.83. The lowest BCUT2D eigenvalue weighted by Crippen LogP contribution is -2.36. The van der Waals surface area contributed by atoms with Gasteiger partial charge in [0.15, 0.2) is 17.5 Å². The minimum atomic E-state index is -0.634. The molecule has 0 aromatic carbocycles. The molecular formula is C25H34FN5O2. The summed E-state index contributed by atoms with van der Waals surface area (Å²) >= 11 is 0. The molecular weight excluding hydrogens is 421 g/mol. The SMILES string of the molecule is Cc1cc(Nc2nc(N[C@H](C(C)C)[C@H](C)CC(=O)OC(C)(C)C)c(F)cc2C#N)cnc1C. The average molecular weight is 456 g/mol. The Morgan fingerprint density at radius 3 is 2.42 bits per heavy atom. The number of esters is 1. The molecule has 2 aromatic rings. The molecule has 2 atom stereocenters. The predicted molar refractivity (Wildman–Crippen MR) is 128 cm³/mol. The summed E-state index contributed by atoms with van der Waals surface area (Å²) in [7, 11) is 0. The monoisotopic (exact) mass is 455 g/mol. The lowest BCUT2D eigenvalue weighted by atomic mass is 9.89. The number of rotatable bonds is 8. The quantitative estimate of drug-likeness (QED) is 0.496. The number of nitrogens with one attached hydrogen (secondary N) is 2. The van der Waals surface area contributed by atoms with E-state index in [1.54, 1.807) is 6.20 Å². The number of hydrogen-bond donors (Lipinski definition) is 2. The number of hydrogen-bond acceptors (Lipinski definition) is 7. The molecule has 0 aliphatic heterocycles. The molecule has 2 heterocycles. The van der Waals surface area contributed by atoms with Crippen LogP contribution >= 0.6 is 0 Å². The fraction of sp³-hybridized carbons (Fsp3) is 0.520. The maximum Gasteiger partial charge on any atom is 0.306 e. The first kappa shape index (κ1) is 26.0. The van der Waals surface area contributed by atoms with E-state index in [0.29, 0.717) is 5.69 Å². The van der Waals surface area contributed by atoms with E-state index >= 15 is 0 Å². The van der Waals surface area contributed by atoms with Gasteiger partial charge in [-0.25, -0.2) is 9.37 Å². The first-order valence-electron chi connectivity index (χ1n) is 11.1. The number of pyridine rings is 2. The molecule has 2 N–H and O–H groups in total. The standard InChI is InChI=1S/C25H34FN5O2/c1-14(2)22(16(4)10-21(32)33-25(6,7)8)30-24-20(26)11-18(12-27)23(31-24)29-19-9-15(3)17(5)28-13-19/h9,11,13-14,16,22H,10H2,1-8H3,(H2,29,30,31)/t16-,22-/m1/s1. The number of aryl methyl sites for hydroxylation is 2. The topological polar surface area (TPSA) is 99.9 Å². The van der Waals surface area contributed by atoms with Crippen molar-refractivity contribution in [3.05, 3.63) is 41.0 Å². The van der Waals surface area contributed by atoms with Gasteiger partial charge in [0.25, 0.3) is 0 Å². The number of nitrogens with zero attached hydrogens (tertiary/aromatic N) is 3. The molecule has 0 spiro atoms. The van der Waals surface area contributed by atoms with E-state index in [1.807, 2.05) is 67.5 Å². The highest BCUT2D eigenvalue weighted by Gasteiger charge is 2.27. The summed E-state index contributed by atoms with van der Waals surface area (Å²) < 4.78 is 20.3. The van der Waals surface area contributed by atoms with E-state index in [1.165, 1.54) is 0 Å². The summed E-state index contributed by atoms with van der Waals surface area (Å²) in [5.74, 6) is -0.751. The number of nitriles is 1. The summed E-state index contributed by atoms with van der Waals surface area (Å²) in [5, 5.41) is 15.7. The normalized spacial score (nSPS) is 13.2. The van der Waals surface area contributed by atoms with Crippen LogP contribution in [-0.2, 0) is 9.53 Å². The van der Waals surface area contributed by atoms with Gasteiger partial charge in [-0.05, 0) is 64.2 Å². The van der Waals surface area contributed by atoms with E-state index in [-0.39, 0.29) is 47.5 Å². The molecule has 8 heteroatoms. The highest BCUT2D eigenvalue weighted by atomic mass is 19.1. The highest BCUT2D eigenvalue weighted by molar-refractivity contribution is 5.70. The van der Waals surface area contributed by atoms with E-state index < -0.39 is 11.4 Å². The zero-order chi connectivity index (χ0) is 24.9. The van der Waals surface area contributed by atoms with E-state index in [4.69, 9.17) is 4.74 Å². The van der Waals surface area contributed by atoms with Gasteiger partial charge in [0, 0.05) is 11.7 Å². The van der Waals surface area contributed by atoms with E-state index in [2.05, 4.69) is 20.6 Å². The van der Waals surface area contributed by atoms with Gasteiger partial charge in [0.1, 0.15) is 11.7 Å². The zero-order valence-corrected chi connectivity index (χ0v) is 20.7. The fourth-order valence-electron chi connectivity index (χ4n) is 3.52. The lowest BCUT2D eigenvalue weighted by Gasteiger charge is -2.30. The van der Waals surface area contributed by atoms with Crippen LogP contribution < -0.4 is 10.6 Å². The van der Waals surface area contributed by atoms with Crippen LogP contribution in [0.4, 0.5) is 21.7 Å². The van der Waals surface area contributed by atoms with E-state index in [9.17, 15) is 14.4 Å². The minimum Gasteiger partial charge on any atom is -0.460 e. The molecule has 0 aliphatic rings. The predicted octanol–water partition coefficient (Wildman–Crippen LogP) is 5.65. The van der Waals surface area contributed by atoms with Gasteiger partial charge >= 0.3 is 5.97 Å². The van der Waals surface area contributed by atoms with Crippen molar-refractivity contribution >= 4 is 23.3 Å². The van der Waals surface area contributed by atoms with Crippen molar-refractivity contribution in [2.45, 2.75) is 73.5 Å². The van der Waals surface area contributed by atoms with Crippen molar-refractivity contribution in [3.63, 3.8) is 0 Å². The van der Waals surface area contributed by atoms with Crippen molar-refractivity contribution in [3.8, 4) is 6.07 Å². The van der Waals surface area contributed by atoms with Gasteiger partial charge < -0.3 is 15.4 Å².